The van der Waals surface area contributed by atoms with Gasteiger partial charge in [0.1, 0.15) is 11.9 Å². The van der Waals surface area contributed by atoms with E-state index in [0.717, 1.165) is 16.7 Å². The van der Waals surface area contributed by atoms with Crippen molar-refractivity contribution in [2.24, 2.45) is 0 Å². The molecule has 1 aliphatic heterocycles. The Morgan fingerprint density at radius 1 is 0.970 bits per heavy atom. The van der Waals surface area contributed by atoms with Gasteiger partial charge < -0.3 is 10.2 Å². The van der Waals surface area contributed by atoms with E-state index in [1.165, 1.54) is 17.0 Å². The fourth-order valence-corrected chi connectivity index (χ4v) is 4.20. The minimum atomic E-state index is -0.661. The molecule has 1 fully saturated rings. The molecular weight excluding hydrogens is 437 g/mol. The molecule has 3 aromatic rings. The number of hydrogen-bond donors (Lipinski definition) is 1. The van der Waals surface area contributed by atoms with E-state index in [0.29, 0.717) is 23.8 Å². The highest BCUT2D eigenvalue weighted by Gasteiger charge is 2.41. The van der Waals surface area contributed by atoms with Crippen LogP contribution in [0.2, 0.25) is 0 Å². The van der Waals surface area contributed by atoms with Gasteiger partial charge in [-0.1, -0.05) is 54.6 Å². The Morgan fingerprint density at radius 2 is 1.61 bits per heavy atom. The summed E-state index contributed by atoms with van der Waals surface area (Å²) in [5.41, 5.74) is 3.75. The summed E-state index contributed by atoms with van der Waals surface area (Å²) in [7, 11) is 1.62. The Balaban J connectivity index is 1.39. The van der Waals surface area contributed by atoms with E-state index >= 15 is 0 Å². The number of likely N-dealkylation sites (N-methyl/N-ethyl adjacent to an activating group) is 1. The first-order valence-electron chi connectivity index (χ1n) is 10.7. The highest BCUT2D eigenvalue weighted by Crippen LogP contribution is 2.23. The number of anilines is 1. The lowest BCUT2D eigenvalue weighted by molar-refractivity contribution is -0.130. The number of amides is 2. The van der Waals surface area contributed by atoms with Crippen LogP contribution in [0.5, 0.6) is 0 Å². The van der Waals surface area contributed by atoms with Gasteiger partial charge >= 0.3 is 0 Å². The molecule has 0 aliphatic carbocycles. The minimum Gasteiger partial charge on any atom is -0.336 e. The molecule has 0 bridgehead atoms. The second-order valence-corrected chi connectivity index (χ2v) is 8.33. The second kappa shape index (κ2) is 9.92. The molecule has 4 rings (SSSR count). The third kappa shape index (κ3) is 5.26. The minimum absolute atomic E-state index is 0.00678. The van der Waals surface area contributed by atoms with Crippen LogP contribution in [0.15, 0.2) is 78.9 Å². The van der Waals surface area contributed by atoms with Crippen LogP contribution in [0.25, 0.3) is 11.1 Å². The van der Waals surface area contributed by atoms with Crippen molar-refractivity contribution in [2.75, 3.05) is 18.9 Å². The molecule has 1 heterocycles. The van der Waals surface area contributed by atoms with Gasteiger partial charge in [-0.15, -0.1) is 0 Å². The van der Waals surface area contributed by atoms with Gasteiger partial charge in [0, 0.05) is 19.3 Å². The van der Waals surface area contributed by atoms with Crippen molar-refractivity contribution in [1.82, 2.24) is 9.80 Å². The van der Waals surface area contributed by atoms with Crippen LogP contribution >= 0.6 is 12.2 Å². The Hall–Kier alpha value is -3.58. The number of benzene rings is 3. The third-order valence-electron chi connectivity index (χ3n) is 5.73. The Kier molecular flexibility index (Phi) is 6.79. The van der Waals surface area contributed by atoms with E-state index in [1.54, 1.807) is 24.1 Å². The number of thiocarbonyl (C=S) groups is 1. The van der Waals surface area contributed by atoms with Crippen molar-refractivity contribution in [2.45, 2.75) is 18.9 Å². The van der Waals surface area contributed by atoms with Gasteiger partial charge in [0.15, 0.2) is 5.11 Å². The summed E-state index contributed by atoms with van der Waals surface area (Å²) >= 11 is 5.44. The van der Waals surface area contributed by atoms with Gasteiger partial charge in [0.05, 0.1) is 6.42 Å². The predicted octanol–water partition coefficient (Wildman–Crippen LogP) is 4.49. The van der Waals surface area contributed by atoms with E-state index in [9.17, 15) is 14.0 Å². The number of nitrogens with one attached hydrogen (secondary N) is 1. The normalized spacial score (nSPS) is 15.8. The van der Waals surface area contributed by atoms with Crippen molar-refractivity contribution >= 4 is 34.8 Å². The molecular formula is C26H24FN3O2S. The predicted molar refractivity (Wildman–Crippen MR) is 131 cm³/mol. The summed E-state index contributed by atoms with van der Waals surface area (Å²) in [6.07, 6.45) is 0.577. The number of rotatable bonds is 7. The van der Waals surface area contributed by atoms with Crippen LogP contribution in [-0.2, 0) is 16.0 Å². The van der Waals surface area contributed by atoms with Gasteiger partial charge in [-0.2, -0.15) is 0 Å². The summed E-state index contributed by atoms with van der Waals surface area (Å²) in [6, 6.07) is 23.1. The van der Waals surface area contributed by atoms with Crippen molar-refractivity contribution < 1.29 is 14.0 Å². The highest BCUT2D eigenvalue weighted by atomic mass is 32.1. The first kappa shape index (κ1) is 22.6. The van der Waals surface area contributed by atoms with Crippen LogP contribution in [0, 0.1) is 5.82 Å². The zero-order chi connectivity index (χ0) is 23.4. The maximum Gasteiger partial charge on any atom is 0.251 e. The average molecular weight is 462 g/mol. The van der Waals surface area contributed by atoms with Crippen LogP contribution < -0.4 is 5.32 Å². The quantitative estimate of drug-likeness (QED) is 0.527. The third-order valence-corrected chi connectivity index (χ3v) is 6.24. The van der Waals surface area contributed by atoms with Gasteiger partial charge in [0.2, 0.25) is 5.91 Å². The zero-order valence-corrected chi connectivity index (χ0v) is 19.0. The van der Waals surface area contributed by atoms with E-state index in [4.69, 9.17) is 12.2 Å². The molecule has 0 radical (unpaired) electrons. The molecule has 1 saturated heterocycles. The largest absolute Gasteiger partial charge is 0.336 e. The van der Waals surface area contributed by atoms with Crippen LogP contribution in [0.1, 0.15) is 12.0 Å². The number of carbonyl (C=O) groups excluding carboxylic acids is 2. The first-order chi connectivity index (χ1) is 15.9. The lowest BCUT2D eigenvalue weighted by atomic mass is 10.1. The maximum absolute atomic E-state index is 13.2. The van der Waals surface area contributed by atoms with Gasteiger partial charge in [-0.25, -0.2) is 4.39 Å². The van der Waals surface area contributed by atoms with Crippen LogP contribution in [-0.4, -0.2) is 46.4 Å². The number of nitrogens with zero attached hydrogens (tertiary/aromatic N) is 2. The summed E-state index contributed by atoms with van der Waals surface area (Å²) in [5, 5.41) is 3.27. The van der Waals surface area contributed by atoms with Gasteiger partial charge in [-0.3, -0.25) is 14.5 Å². The van der Waals surface area contributed by atoms with Crippen molar-refractivity contribution in [1.29, 1.82) is 0 Å². The number of hydrogen-bond acceptors (Lipinski definition) is 3. The second-order valence-electron chi connectivity index (χ2n) is 7.96. The standard InChI is InChI=1S/C26H24FN3O2S/c1-29-25(32)23(30(26(29)33)16-15-18-7-11-21(27)12-8-18)17-24(31)28-22-13-9-20(10-14-22)19-5-3-2-4-6-19/h2-14,23H,15-17H2,1H3,(H,28,31). The van der Waals surface area contributed by atoms with E-state index in [2.05, 4.69) is 5.32 Å². The van der Waals surface area contributed by atoms with E-state index in [-0.39, 0.29) is 24.1 Å². The Labute approximate surface area is 197 Å². The lowest BCUT2D eigenvalue weighted by Crippen LogP contribution is -2.39. The maximum atomic E-state index is 13.2. The Bertz CT molecular complexity index is 1150. The van der Waals surface area contributed by atoms with Crippen LogP contribution in [0.4, 0.5) is 10.1 Å². The molecule has 5 nitrogen and oxygen atoms in total. The van der Waals surface area contributed by atoms with Crippen molar-refractivity contribution in [3.63, 3.8) is 0 Å². The molecule has 1 aliphatic rings. The number of carbonyl (C=O) groups is 2. The van der Waals surface area contributed by atoms with E-state index < -0.39 is 6.04 Å². The lowest BCUT2D eigenvalue weighted by Gasteiger charge is -2.23. The zero-order valence-electron chi connectivity index (χ0n) is 18.2. The SMILES string of the molecule is CN1C(=O)C(CC(=O)Nc2ccc(-c3ccccc3)cc2)N(CCc2ccc(F)cc2)C1=S. The monoisotopic (exact) mass is 461 g/mol. The van der Waals surface area contributed by atoms with Crippen molar-refractivity contribution in [3.05, 3.63) is 90.2 Å². The van der Waals surface area contributed by atoms with E-state index in [1.807, 2.05) is 54.6 Å². The summed E-state index contributed by atoms with van der Waals surface area (Å²) < 4.78 is 13.2. The Morgan fingerprint density at radius 3 is 2.27 bits per heavy atom. The summed E-state index contributed by atoms with van der Waals surface area (Å²) in [5.74, 6) is -0.754. The fourth-order valence-electron chi connectivity index (χ4n) is 3.89. The summed E-state index contributed by atoms with van der Waals surface area (Å²) in [4.78, 5) is 28.7. The molecule has 2 amide bonds. The van der Waals surface area contributed by atoms with Crippen LogP contribution in [0.3, 0.4) is 0 Å². The molecule has 7 heteroatoms. The first-order valence-corrected chi connectivity index (χ1v) is 11.1. The summed E-state index contributed by atoms with van der Waals surface area (Å²) in [6.45, 7) is 0.463. The molecule has 0 aromatic heterocycles. The molecule has 1 unspecified atom stereocenters. The topological polar surface area (TPSA) is 52.7 Å². The highest BCUT2D eigenvalue weighted by molar-refractivity contribution is 7.80. The molecule has 3 aromatic carbocycles. The molecule has 33 heavy (non-hydrogen) atoms. The average Bonchev–Trinajstić information content (AvgIpc) is 3.03. The molecule has 168 valence electrons. The molecule has 0 saturated carbocycles. The molecule has 1 atom stereocenters. The molecule has 1 N–H and O–H groups in total. The smallest absolute Gasteiger partial charge is 0.251 e. The van der Waals surface area contributed by atoms with Crippen molar-refractivity contribution in [3.8, 4) is 11.1 Å². The fraction of sp³-hybridized carbons (Fsp3) is 0.192. The van der Waals surface area contributed by atoms with Gasteiger partial charge in [-0.05, 0) is 59.6 Å². The molecule has 0 spiro atoms. The number of halogens is 1. The van der Waals surface area contributed by atoms with Gasteiger partial charge in [0.25, 0.3) is 5.91 Å².